The fourth-order valence-corrected chi connectivity index (χ4v) is 4.93. The highest BCUT2D eigenvalue weighted by atomic mass is 16.5. The van der Waals surface area contributed by atoms with Crippen LogP contribution in [0.25, 0.3) is 22.2 Å². The Morgan fingerprint density at radius 2 is 2.10 bits per heavy atom. The maximum Gasteiger partial charge on any atom is 0.255 e. The Kier molecular flexibility index (Phi) is 4.39. The van der Waals surface area contributed by atoms with E-state index in [0.717, 1.165) is 47.7 Å². The third kappa shape index (κ3) is 3.08. The number of nitrogens with one attached hydrogen (secondary N) is 2. The van der Waals surface area contributed by atoms with Crippen LogP contribution in [0, 0.1) is 0 Å². The van der Waals surface area contributed by atoms with Crippen LogP contribution in [0.5, 0.6) is 5.75 Å². The van der Waals surface area contributed by atoms with Gasteiger partial charge in [0.1, 0.15) is 11.9 Å². The van der Waals surface area contributed by atoms with E-state index in [1.807, 2.05) is 18.3 Å². The minimum absolute atomic E-state index is 0.00925. The number of nitrogens with zero attached hydrogens (tertiary/aromatic N) is 3. The highest BCUT2D eigenvalue weighted by Gasteiger charge is 2.39. The lowest BCUT2D eigenvalue weighted by Crippen LogP contribution is -2.45. The average Bonchev–Trinajstić information content (AvgIpc) is 3.38. The summed E-state index contributed by atoms with van der Waals surface area (Å²) in [6, 6.07) is 7.98. The first-order chi connectivity index (χ1) is 14.3. The van der Waals surface area contributed by atoms with E-state index >= 15 is 0 Å². The lowest BCUT2D eigenvalue weighted by atomic mass is 10.0. The van der Waals surface area contributed by atoms with E-state index in [0.29, 0.717) is 12.2 Å². The van der Waals surface area contributed by atoms with Crippen LogP contribution in [0.2, 0.25) is 0 Å². The summed E-state index contributed by atoms with van der Waals surface area (Å²) < 4.78 is 7.94. The van der Waals surface area contributed by atoms with Crippen molar-refractivity contribution in [3.63, 3.8) is 0 Å². The number of aromatic amines is 1. The summed E-state index contributed by atoms with van der Waals surface area (Å²) in [6.45, 7) is 11.1. The third-order valence-electron chi connectivity index (χ3n) is 6.16. The quantitative estimate of drug-likeness (QED) is 0.695. The molecule has 5 rings (SSSR count). The van der Waals surface area contributed by atoms with Crippen molar-refractivity contribution in [3.8, 4) is 17.0 Å². The topological polar surface area (TPSA) is 75.2 Å². The Bertz CT molecular complexity index is 1150. The van der Waals surface area contributed by atoms with Gasteiger partial charge in [0.2, 0.25) is 5.95 Å². The van der Waals surface area contributed by atoms with E-state index in [1.54, 1.807) is 10.6 Å². The van der Waals surface area contributed by atoms with Gasteiger partial charge in [-0.05, 0) is 58.9 Å². The number of anilines is 1. The summed E-state index contributed by atoms with van der Waals surface area (Å²) in [5, 5.41) is 4.35. The molecule has 1 fully saturated rings. The fraction of sp³-hybridized carbons (Fsp3) is 0.478. The van der Waals surface area contributed by atoms with Gasteiger partial charge in [0.05, 0.1) is 17.8 Å². The molecule has 0 amide bonds. The van der Waals surface area contributed by atoms with Crippen molar-refractivity contribution in [2.45, 2.75) is 58.3 Å². The molecule has 3 aromatic rings. The van der Waals surface area contributed by atoms with Crippen molar-refractivity contribution in [3.05, 3.63) is 40.8 Å². The second-order valence-electron chi connectivity index (χ2n) is 9.28. The van der Waals surface area contributed by atoms with Gasteiger partial charge in [0.25, 0.3) is 5.56 Å². The predicted molar refractivity (Wildman–Crippen MR) is 119 cm³/mol. The number of ether oxygens (including phenoxy) is 1. The molecule has 1 saturated heterocycles. The Morgan fingerprint density at radius 3 is 2.83 bits per heavy atom. The Labute approximate surface area is 176 Å². The van der Waals surface area contributed by atoms with Gasteiger partial charge in [-0.15, -0.1) is 0 Å². The molecular formula is C23H29N5O2. The average molecular weight is 408 g/mol. The smallest absolute Gasteiger partial charge is 0.255 e. The molecule has 2 aliphatic heterocycles. The molecule has 0 aliphatic carbocycles. The van der Waals surface area contributed by atoms with Crippen LogP contribution in [0.1, 0.15) is 34.1 Å². The summed E-state index contributed by atoms with van der Waals surface area (Å²) in [5.41, 5.74) is 2.47. The molecule has 0 radical (unpaired) electrons. The lowest BCUT2D eigenvalue weighted by molar-refractivity contribution is 0.223. The van der Waals surface area contributed by atoms with E-state index in [4.69, 9.17) is 9.72 Å². The molecule has 0 spiro atoms. The standard InChI is InChI=1S/C23H29N5O2/c1-14(2)28-22-26-20(10-21(29)27(22)13-23(28,3)4)18-12-25-19-6-5-15(9-17(18)19)30-16-7-8-24-11-16/h5-6,9-10,12,14,16,24-25H,7-8,11,13H2,1-4H3. The summed E-state index contributed by atoms with van der Waals surface area (Å²) >= 11 is 0. The highest BCUT2D eigenvalue weighted by molar-refractivity contribution is 5.95. The van der Waals surface area contributed by atoms with Gasteiger partial charge in [-0.3, -0.25) is 9.36 Å². The van der Waals surface area contributed by atoms with Gasteiger partial charge in [-0.2, -0.15) is 0 Å². The molecule has 30 heavy (non-hydrogen) atoms. The molecule has 2 aromatic heterocycles. The molecule has 7 nitrogen and oxygen atoms in total. The first kappa shape index (κ1) is 19.2. The van der Waals surface area contributed by atoms with Crippen LogP contribution in [0.4, 0.5) is 5.95 Å². The summed E-state index contributed by atoms with van der Waals surface area (Å²) in [6.07, 6.45) is 3.15. The SMILES string of the molecule is CC(C)N1c2nc(-c3c[nH]c4ccc(OC5CCNC5)cc34)cc(=O)n2CC1(C)C. The molecule has 2 N–H and O–H groups in total. The zero-order valence-corrected chi connectivity index (χ0v) is 18.0. The van der Waals surface area contributed by atoms with Gasteiger partial charge in [-0.25, -0.2) is 4.98 Å². The Hall–Kier alpha value is -2.80. The van der Waals surface area contributed by atoms with Crippen molar-refractivity contribution in [2.75, 3.05) is 18.0 Å². The Morgan fingerprint density at radius 1 is 1.27 bits per heavy atom. The molecule has 158 valence electrons. The number of fused-ring (bicyclic) bond motifs is 2. The van der Waals surface area contributed by atoms with Gasteiger partial charge in [0.15, 0.2) is 0 Å². The van der Waals surface area contributed by atoms with E-state index in [-0.39, 0.29) is 23.2 Å². The van der Waals surface area contributed by atoms with Crippen molar-refractivity contribution >= 4 is 16.9 Å². The van der Waals surface area contributed by atoms with Crippen molar-refractivity contribution in [1.82, 2.24) is 19.9 Å². The molecule has 0 saturated carbocycles. The van der Waals surface area contributed by atoms with Crippen LogP contribution in [0.15, 0.2) is 35.3 Å². The molecule has 0 bridgehead atoms. The number of hydrogen-bond acceptors (Lipinski definition) is 5. The fourth-order valence-electron chi connectivity index (χ4n) is 4.93. The molecule has 1 atom stereocenters. The minimum atomic E-state index is -0.150. The number of H-pyrrole nitrogens is 1. The summed E-state index contributed by atoms with van der Waals surface area (Å²) in [7, 11) is 0. The van der Waals surface area contributed by atoms with E-state index in [2.05, 4.69) is 49.0 Å². The third-order valence-corrected chi connectivity index (χ3v) is 6.16. The normalized spacial score (nSPS) is 20.3. The first-order valence-corrected chi connectivity index (χ1v) is 10.7. The van der Waals surface area contributed by atoms with Crippen molar-refractivity contribution in [1.29, 1.82) is 0 Å². The first-order valence-electron chi connectivity index (χ1n) is 10.7. The molecule has 7 heteroatoms. The Balaban J connectivity index is 1.58. The second-order valence-corrected chi connectivity index (χ2v) is 9.28. The maximum atomic E-state index is 13.0. The number of aromatic nitrogens is 3. The maximum absolute atomic E-state index is 13.0. The molecular weight excluding hydrogens is 378 g/mol. The number of rotatable bonds is 4. The molecule has 1 aromatic carbocycles. The van der Waals surface area contributed by atoms with Crippen LogP contribution in [-0.4, -0.2) is 45.3 Å². The predicted octanol–water partition coefficient (Wildman–Crippen LogP) is 3.14. The molecule has 2 aliphatic rings. The summed E-state index contributed by atoms with van der Waals surface area (Å²) in [5.74, 6) is 1.59. The van der Waals surface area contributed by atoms with Crippen LogP contribution >= 0.6 is 0 Å². The minimum Gasteiger partial charge on any atom is -0.489 e. The second kappa shape index (κ2) is 6.87. The van der Waals surface area contributed by atoms with Gasteiger partial charge < -0.3 is 19.9 Å². The van der Waals surface area contributed by atoms with Crippen LogP contribution < -0.4 is 20.5 Å². The van der Waals surface area contributed by atoms with Crippen LogP contribution in [-0.2, 0) is 6.54 Å². The molecule has 4 heterocycles. The largest absolute Gasteiger partial charge is 0.489 e. The zero-order chi connectivity index (χ0) is 21.0. The van der Waals surface area contributed by atoms with Crippen molar-refractivity contribution < 1.29 is 4.74 Å². The summed E-state index contributed by atoms with van der Waals surface area (Å²) in [4.78, 5) is 23.5. The van der Waals surface area contributed by atoms with E-state index in [9.17, 15) is 4.79 Å². The lowest BCUT2D eigenvalue weighted by Gasteiger charge is -2.35. The zero-order valence-electron chi connectivity index (χ0n) is 18.0. The van der Waals surface area contributed by atoms with E-state index in [1.165, 1.54) is 0 Å². The van der Waals surface area contributed by atoms with Gasteiger partial charge in [-0.1, -0.05) is 0 Å². The highest BCUT2D eigenvalue weighted by Crippen LogP contribution is 2.36. The monoisotopic (exact) mass is 407 g/mol. The van der Waals surface area contributed by atoms with Crippen LogP contribution in [0.3, 0.4) is 0 Å². The van der Waals surface area contributed by atoms with Crippen molar-refractivity contribution in [2.24, 2.45) is 0 Å². The van der Waals surface area contributed by atoms with E-state index < -0.39 is 0 Å². The van der Waals surface area contributed by atoms with Gasteiger partial charge in [0, 0.05) is 41.3 Å². The number of hydrogen-bond donors (Lipinski definition) is 2. The van der Waals surface area contributed by atoms with Gasteiger partial charge >= 0.3 is 0 Å². The molecule has 1 unspecified atom stereocenters. The number of benzene rings is 1.